The van der Waals surface area contributed by atoms with Gasteiger partial charge in [-0.3, -0.25) is 0 Å². The molecule has 1 unspecified atom stereocenters. The molecule has 0 aliphatic rings. The Morgan fingerprint density at radius 1 is 1.21 bits per heavy atom. The van der Waals surface area contributed by atoms with Crippen LogP contribution in [0.1, 0.15) is 31.7 Å². The van der Waals surface area contributed by atoms with Crippen molar-refractivity contribution in [3.63, 3.8) is 0 Å². The fourth-order valence-electron chi connectivity index (χ4n) is 2.08. The van der Waals surface area contributed by atoms with Gasteiger partial charge in [-0.25, -0.2) is 12.7 Å². The second-order valence-corrected chi connectivity index (χ2v) is 6.79. The van der Waals surface area contributed by atoms with E-state index in [0.29, 0.717) is 19.6 Å². The molecule has 4 nitrogen and oxygen atoms in total. The first kappa shape index (κ1) is 16.1. The van der Waals surface area contributed by atoms with Gasteiger partial charge in [-0.1, -0.05) is 44.2 Å². The Balaban J connectivity index is 2.77. The van der Waals surface area contributed by atoms with Crippen LogP contribution in [0.25, 0.3) is 0 Å². The largest absolute Gasteiger partial charge is 0.329 e. The Kier molecular flexibility index (Phi) is 6.48. The van der Waals surface area contributed by atoms with Crippen molar-refractivity contribution in [2.75, 3.05) is 25.4 Å². The predicted octanol–water partition coefficient (Wildman–Crippen LogP) is 1.79. The number of nitrogens with zero attached hydrogens (tertiary/aromatic N) is 1. The first-order chi connectivity index (χ1) is 9.01. The predicted molar refractivity (Wildman–Crippen MR) is 79.6 cm³/mol. The van der Waals surface area contributed by atoms with Gasteiger partial charge < -0.3 is 5.73 Å². The quantitative estimate of drug-likeness (QED) is 0.791. The van der Waals surface area contributed by atoms with Crippen LogP contribution in [0.2, 0.25) is 0 Å². The number of hydrogen-bond donors (Lipinski definition) is 1. The van der Waals surface area contributed by atoms with Gasteiger partial charge in [-0.05, 0) is 17.9 Å². The van der Waals surface area contributed by atoms with E-state index in [-0.39, 0.29) is 11.7 Å². The molecule has 0 fully saturated rings. The first-order valence-electron chi connectivity index (χ1n) is 6.74. The summed E-state index contributed by atoms with van der Waals surface area (Å²) in [4.78, 5) is 0. The Morgan fingerprint density at radius 3 is 2.37 bits per heavy atom. The number of benzene rings is 1. The molecule has 0 aliphatic heterocycles. The summed E-state index contributed by atoms with van der Waals surface area (Å²) in [6, 6.07) is 9.73. The van der Waals surface area contributed by atoms with Gasteiger partial charge in [0.2, 0.25) is 10.0 Å². The van der Waals surface area contributed by atoms with E-state index >= 15 is 0 Å². The Bertz CT molecular complexity index is 454. The van der Waals surface area contributed by atoms with Crippen LogP contribution in [0.4, 0.5) is 0 Å². The minimum absolute atomic E-state index is 0.0108. The molecule has 2 N–H and O–H groups in total. The van der Waals surface area contributed by atoms with Crippen LogP contribution in [0.15, 0.2) is 30.3 Å². The highest BCUT2D eigenvalue weighted by molar-refractivity contribution is 7.89. The normalized spacial score (nSPS) is 13.7. The molecule has 1 aromatic rings. The van der Waals surface area contributed by atoms with Crippen LogP contribution in [0.3, 0.4) is 0 Å². The van der Waals surface area contributed by atoms with Crippen LogP contribution < -0.4 is 5.73 Å². The van der Waals surface area contributed by atoms with Gasteiger partial charge in [-0.2, -0.15) is 0 Å². The third kappa shape index (κ3) is 4.93. The van der Waals surface area contributed by atoms with Crippen LogP contribution >= 0.6 is 0 Å². The minimum atomic E-state index is -3.24. The summed E-state index contributed by atoms with van der Waals surface area (Å²) in [6.45, 7) is 5.22. The molecule has 0 radical (unpaired) electrons. The smallest absolute Gasteiger partial charge is 0.214 e. The number of nitrogens with two attached hydrogens (primary N) is 1. The van der Waals surface area contributed by atoms with Crippen molar-refractivity contribution in [1.29, 1.82) is 0 Å². The number of sulfonamides is 1. The second kappa shape index (κ2) is 7.62. The maximum atomic E-state index is 12.4. The molecule has 0 heterocycles. The molecule has 1 rings (SSSR count). The van der Waals surface area contributed by atoms with Crippen molar-refractivity contribution in [2.24, 2.45) is 5.73 Å². The van der Waals surface area contributed by atoms with E-state index in [0.717, 1.165) is 12.0 Å². The molecule has 0 saturated heterocycles. The zero-order chi connectivity index (χ0) is 14.3. The lowest BCUT2D eigenvalue weighted by Crippen LogP contribution is -2.38. The lowest BCUT2D eigenvalue weighted by atomic mass is 10.0. The standard InChI is InChI=1S/C14H24N2O2S/c1-3-10-16(11-9-15)19(17,18)12-13(2)14-7-5-4-6-8-14/h4-8,13H,3,9-12,15H2,1-2H3. The van der Waals surface area contributed by atoms with Crippen molar-refractivity contribution < 1.29 is 8.42 Å². The molecule has 0 saturated carbocycles. The number of rotatable bonds is 8. The van der Waals surface area contributed by atoms with Gasteiger partial charge in [0.05, 0.1) is 5.75 Å². The summed E-state index contributed by atoms with van der Waals surface area (Å²) in [5.41, 5.74) is 6.54. The summed E-state index contributed by atoms with van der Waals surface area (Å²) in [6.07, 6.45) is 0.805. The van der Waals surface area contributed by atoms with E-state index in [1.165, 1.54) is 4.31 Å². The maximum absolute atomic E-state index is 12.4. The van der Waals surface area contributed by atoms with Gasteiger partial charge in [0.1, 0.15) is 0 Å². The third-order valence-corrected chi connectivity index (χ3v) is 5.15. The monoisotopic (exact) mass is 284 g/mol. The van der Waals surface area contributed by atoms with Crippen LogP contribution in [0.5, 0.6) is 0 Å². The van der Waals surface area contributed by atoms with E-state index in [4.69, 9.17) is 5.73 Å². The highest BCUT2D eigenvalue weighted by Gasteiger charge is 2.23. The summed E-state index contributed by atoms with van der Waals surface area (Å²) < 4.78 is 26.2. The number of hydrogen-bond acceptors (Lipinski definition) is 3. The third-order valence-electron chi connectivity index (χ3n) is 3.07. The zero-order valence-electron chi connectivity index (χ0n) is 11.7. The zero-order valence-corrected chi connectivity index (χ0v) is 12.6. The van der Waals surface area contributed by atoms with E-state index in [2.05, 4.69) is 0 Å². The van der Waals surface area contributed by atoms with Crippen molar-refractivity contribution in [2.45, 2.75) is 26.2 Å². The van der Waals surface area contributed by atoms with Crippen LogP contribution in [-0.4, -0.2) is 38.1 Å². The van der Waals surface area contributed by atoms with E-state index in [1.54, 1.807) is 0 Å². The summed E-state index contributed by atoms with van der Waals surface area (Å²) in [5.74, 6) is 0.125. The van der Waals surface area contributed by atoms with Crippen molar-refractivity contribution in [3.05, 3.63) is 35.9 Å². The lowest BCUT2D eigenvalue weighted by Gasteiger charge is -2.23. The minimum Gasteiger partial charge on any atom is -0.329 e. The maximum Gasteiger partial charge on any atom is 0.214 e. The Hall–Kier alpha value is -0.910. The van der Waals surface area contributed by atoms with Crippen molar-refractivity contribution >= 4 is 10.0 Å². The van der Waals surface area contributed by atoms with Crippen LogP contribution in [0, 0.1) is 0 Å². The summed E-state index contributed by atoms with van der Waals surface area (Å²) >= 11 is 0. The van der Waals surface area contributed by atoms with E-state index < -0.39 is 10.0 Å². The molecule has 1 atom stereocenters. The van der Waals surface area contributed by atoms with Gasteiger partial charge >= 0.3 is 0 Å². The fraction of sp³-hybridized carbons (Fsp3) is 0.571. The highest BCUT2D eigenvalue weighted by atomic mass is 32.2. The molecule has 5 heteroatoms. The molecule has 108 valence electrons. The van der Waals surface area contributed by atoms with Crippen molar-refractivity contribution in [3.8, 4) is 0 Å². The Labute approximate surface area is 116 Å². The average molecular weight is 284 g/mol. The molecule has 0 spiro atoms. The molecular weight excluding hydrogens is 260 g/mol. The van der Waals surface area contributed by atoms with Gasteiger partial charge in [0, 0.05) is 19.6 Å². The van der Waals surface area contributed by atoms with Crippen LogP contribution in [-0.2, 0) is 10.0 Å². The van der Waals surface area contributed by atoms with E-state index in [1.807, 2.05) is 44.2 Å². The van der Waals surface area contributed by atoms with Gasteiger partial charge in [0.25, 0.3) is 0 Å². The summed E-state index contributed by atoms with van der Waals surface area (Å²) in [5, 5.41) is 0. The highest BCUT2D eigenvalue weighted by Crippen LogP contribution is 2.18. The van der Waals surface area contributed by atoms with Crippen molar-refractivity contribution in [1.82, 2.24) is 4.31 Å². The molecule has 0 bridgehead atoms. The molecule has 19 heavy (non-hydrogen) atoms. The molecule has 0 aliphatic carbocycles. The molecule has 0 amide bonds. The average Bonchev–Trinajstić information content (AvgIpc) is 2.39. The first-order valence-corrected chi connectivity index (χ1v) is 8.35. The molecule has 1 aromatic carbocycles. The second-order valence-electron chi connectivity index (χ2n) is 4.78. The fourth-order valence-corrected chi connectivity index (χ4v) is 3.96. The van der Waals surface area contributed by atoms with E-state index in [9.17, 15) is 8.42 Å². The van der Waals surface area contributed by atoms with Gasteiger partial charge in [0.15, 0.2) is 0 Å². The summed E-state index contributed by atoms with van der Waals surface area (Å²) in [7, 11) is -3.24. The van der Waals surface area contributed by atoms with Gasteiger partial charge in [-0.15, -0.1) is 0 Å². The molecule has 0 aromatic heterocycles. The Morgan fingerprint density at radius 2 is 1.84 bits per heavy atom. The topological polar surface area (TPSA) is 63.4 Å². The SMILES string of the molecule is CCCN(CCN)S(=O)(=O)CC(C)c1ccccc1. The molecular formula is C14H24N2O2S. The lowest BCUT2D eigenvalue weighted by molar-refractivity contribution is 0.416.